The SMILES string of the molecule is CC1CCC(C)C(Nc2cccc(C(=O)O)c2)C1. The minimum Gasteiger partial charge on any atom is -0.478 e. The lowest BCUT2D eigenvalue weighted by molar-refractivity contribution is 0.0697. The Labute approximate surface area is 108 Å². The molecule has 0 spiro atoms. The van der Waals surface area contributed by atoms with Crippen molar-refractivity contribution < 1.29 is 9.90 Å². The molecule has 0 heterocycles. The summed E-state index contributed by atoms with van der Waals surface area (Å²) >= 11 is 0. The zero-order valence-corrected chi connectivity index (χ0v) is 11.0. The third-order valence-electron chi connectivity index (χ3n) is 3.92. The normalized spacial score (nSPS) is 27.8. The largest absolute Gasteiger partial charge is 0.478 e. The molecule has 0 bridgehead atoms. The molecule has 0 aliphatic heterocycles. The van der Waals surface area contributed by atoms with E-state index in [0.29, 0.717) is 17.5 Å². The van der Waals surface area contributed by atoms with Gasteiger partial charge in [-0.1, -0.05) is 26.3 Å². The molecule has 2 rings (SSSR count). The highest BCUT2D eigenvalue weighted by atomic mass is 16.4. The van der Waals surface area contributed by atoms with Crippen molar-refractivity contribution in [1.29, 1.82) is 0 Å². The van der Waals surface area contributed by atoms with Crippen LogP contribution in [0.5, 0.6) is 0 Å². The smallest absolute Gasteiger partial charge is 0.335 e. The number of nitrogens with one attached hydrogen (secondary N) is 1. The Hall–Kier alpha value is -1.51. The molecule has 1 aromatic rings. The van der Waals surface area contributed by atoms with Gasteiger partial charge in [0.05, 0.1) is 5.56 Å². The molecule has 98 valence electrons. The lowest BCUT2D eigenvalue weighted by Gasteiger charge is -2.34. The summed E-state index contributed by atoms with van der Waals surface area (Å²) in [6, 6.07) is 7.54. The van der Waals surface area contributed by atoms with E-state index in [0.717, 1.165) is 11.6 Å². The van der Waals surface area contributed by atoms with Gasteiger partial charge in [0, 0.05) is 11.7 Å². The first kappa shape index (κ1) is 12.9. The van der Waals surface area contributed by atoms with E-state index in [1.165, 1.54) is 19.3 Å². The third kappa shape index (κ3) is 3.03. The first-order valence-corrected chi connectivity index (χ1v) is 6.66. The minimum atomic E-state index is -0.872. The number of aromatic carboxylic acids is 1. The maximum Gasteiger partial charge on any atom is 0.335 e. The van der Waals surface area contributed by atoms with Crippen LogP contribution in [0.25, 0.3) is 0 Å². The number of hydrogen-bond acceptors (Lipinski definition) is 2. The van der Waals surface area contributed by atoms with Gasteiger partial charge in [-0.15, -0.1) is 0 Å². The van der Waals surface area contributed by atoms with E-state index >= 15 is 0 Å². The molecule has 3 unspecified atom stereocenters. The van der Waals surface area contributed by atoms with Gasteiger partial charge in [-0.05, 0) is 42.9 Å². The topological polar surface area (TPSA) is 49.3 Å². The van der Waals surface area contributed by atoms with Crippen molar-refractivity contribution in [1.82, 2.24) is 0 Å². The van der Waals surface area contributed by atoms with Crippen LogP contribution in [0.3, 0.4) is 0 Å². The average molecular weight is 247 g/mol. The number of rotatable bonds is 3. The van der Waals surface area contributed by atoms with Crippen molar-refractivity contribution in [3.8, 4) is 0 Å². The fourth-order valence-corrected chi connectivity index (χ4v) is 2.69. The Morgan fingerprint density at radius 2 is 2.11 bits per heavy atom. The maximum atomic E-state index is 10.9. The second-order valence-corrected chi connectivity index (χ2v) is 5.53. The molecule has 1 aliphatic carbocycles. The summed E-state index contributed by atoms with van der Waals surface area (Å²) in [5.41, 5.74) is 1.26. The summed E-state index contributed by atoms with van der Waals surface area (Å²) < 4.78 is 0. The van der Waals surface area contributed by atoms with Gasteiger partial charge in [-0.25, -0.2) is 4.79 Å². The zero-order valence-electron chi connectivity index (χ0n) is 11.0. The molecule has 3 heteroatoms. The van der Waals surface area contributed by atoms with Crippen LogP contribution >= 0.6 is 0 Å². The number of carbonyl (C=O) groups is 1. The van der Waals surface area contributed by atoms with Gasteiger partial charge in [0.15, 0.2) is 0 Å². The molecule has 2 N–H and O–H groups in total. The molecule has 0 radical (unpaired) electrons. The Kier molecular flexibility index (Phi) is 3.90. The second kappa shape index (κ2) is 5.42. The molecule has 1 aromatic carbocycles. The van der Waals surface area contributed by atoms with E-state index in [2.05, 4.69) is 19.2 Å². The maximum absolute atomic E-state index is 10.9. The fraction of sp³-hybridized carbons (Fsp3) is 0.533. The van der Waals surface area contributed by atoms with Crippen LogP contribution in [0.15, 0.2) is 24.3 Å². The van der Waals surface area contributed by atoms with Gasteiger partial charge in [-0.3, -0.25) is 0 Å². The van der Waals surface area contributed by atoms with Crippen LogP contribution < -0.4 is 5.32 Å². The summed E-state index contributed by atoms with van der Waals surface area (Å²) in [6.07, 6.45) is 3.71. The van der Waals surface area contributed by atoms with Gasteiger partial charge in [0.2, 0.25) is 0 Å². The molecule has 1 aliphatic rings. The number of carboxylic acids is 1. The predicted octanol–water partition coefficient (Wildman–Crippen LogP) is 3.62. The predicted molar refractivity (Wildman–Crippen MR) is 73.0 cm³/mol. The van der Waals surface area contributed by atoms with E-state index in [1.807, 2.05) is 6.07 Å². The van der Waals surface area contributed by atoms with Gasteiger partial charge in [0.25, 0.3) is 0 Å². The molecule has 0 saturated heterocycles. The van der Waals surface area contributed by atoms with Gasteiger partial charge >= 0.3 is 5.97 Å². The van der Waals surface area contributed by atoms with Gasteiger partial charge in [0.1, 0.15) is 0 Å². The van der Waals surface area contributed by atoms with Crippen LogP contribution in [0.4, 0.5) is 5.69 Å². The molecular weight excluding hydrogens is 226 g/mol. The molecule has 3 nitrogen and oxygen atoms in total. The van der Waals surface area contributed by atoms with Crippen LogP contribution in [-0.4, -0.2) is 17.1 Å². The van der Waals surface area contributed by atoms with Crippen molar-refractivity contribution in [2.24, 2.45) is 11.8 Å². The molecular formula is C15H21NO2. The van der Waals surface area contributed by atoms with Crippen LogP contribution in [0.2, 0.25) is 0 Å². The highest BCUT2D eigenvalue weighted by Crippen LogP contribution is 2.30. The summed E-state index contributed by atoms with van der Waals surface area (Å²) in [4.78, 5) is 10.9. The summed E-state index contributed by atoms with van der Waals surface area (Å²) in [5.74, 6) is 0.528. The number of hydrogen-bond donors (Lipinski definition) is 2. The van der Waals surface area contributed by atoms with E-state index in [-0.39, 0.29) is 0 Å². The Balaban J connectivity index is 2.08. The molecule has 0 amide bonds. The first-order valence-electron chi connectivity index (χ1n) is 6.66. The first-order chi connectivity index (χ1) is 8.56. The molecule has 0 aromatic heterocycles. The van der Waals surface area contributed by atoms with Crippen molar-refractivity contribution >= 4 is 11.7 Å². The standard InChI is InChI=1S/C15H21NO2/c1-10-6-7-11(2)14(8-10)16-13-5-3-4-12(9-13)15(17)18/h3-5,9-11,14,16H,6-8H2,1-2H3,(H,17,18). The lowest BCUT2D eigenvalue weighted by atomic mass is 9.80. The van der Waals surface area contributed by atoms with E-state index in [1.54, 1.807) is 18.2 Å². The molecule has 3 atom stereocenters. The average Bonchev–Trinajstić information content (AvgIpc) is 2.34. The highest BCUT2D eigenvalue weighted by molar-refractivity contribution is 5.88. The molecule has 1 fully saturated rings. The lowest BCUT2D eigenvalue weighted by Crippen LogP contribution is -2.33. The van der Waals surface area contributed by atoms with Crippen molar-refractivity contribution in [3.05, 3.63) is 29.8 Å². The number of benzene rings is 1. The van der Waals surface area contributed by atoms with Crippen LogP contribution in [-0.2, 0) is 0 Å². The van der Waals surface area contributed by atoms with E-state index < -0.39 is 5.97 Å². The van der Waals surface area contributed by atoms with Crippen molar-refractivity contribution in [2.45, 2.75) is 39.2 Å². The van der Waals surface area contributed by atoms with Crippen molar-refractivity contribution in [3.63, 3.8) is 0 Å². The number of carboxylic acid groups (broad SMARTS) is 1. The van der Waals surface area contributed by atoms with Crippen molar-refractivity contribution in [2.75, 3.05) is 5.32 Å². The van der Waals surface area contributed by atoms with Crippen LogP contribution in [0.1, 0.15) is 43.5 Å². The fourth-order valence-electron chi connectivity index (χ4n) is 2.69. The Morgan fingerprint density at radius 3 is 2.83 bits per heavy atom. The Morgan fingerprint density at radius 1 is 1.33 bits per heavy atom. The second-order valence-electron chi connectivity index (χ2n) is 5.53. The van der Waals surface area contributed by atoms with Gasteiger partial charge < -0.3 is 10.4 Å². The minimum absolute atomic E-state index is 0.344. The molecule has 1 saturated carbocycles. The summed E-state index contributed by atoms with van der Waals surface area (Å²) in [6.45, 7) is 4.55. The highest BCUT2D eigenvalue weighted by Gasteiger charge is 2.25. The van der Waals surface area contributed by atoms with Gasteiger partial charge in [-0.2, -0.15) is 0 Å². The van der Waals surface area contributed by atoms with Crippen LogP contribution in [0, 0.1) is 11.8 Å². The monoisotopic (exact) mass is 247 g/mol. The zero-order chi connectivity index (χ0) is 13.1. The number of anilines is 1. The molecule has 18 heavy (non-hydrogen) atoms. The quantitative estimate of drug-likeness (QED) is 0.857. The summed E-state index contributed by atoms with van der Waals surface area (Å²) in [7, 11) is 0. The van der Waals surface area contributed by atoms with E-state index in [9.17, 15) is 4.79 Å². The Bertz CT molecular complexity index is 430. The third-order valence-corrected chi connectivity index (χ3v) is 3.92. The van der Waals surface area contributed by atoms with E-state index in [4.69, 9.17) is 5.11 Å². The summed E-state index contributed by atoms with van der Waals surface area (Å²) in [5, 5.41) is 12.5.